The zero-order chi connectivity index (χ0) is 12.3. The number of hydrogen-bond donors (Lipinski definition) is 3. The molecule has 7 nitrogen and oxygen atoms in total. The number of carbonyl (C=O) groups excluding carboxylic acids is 2. The van der Waals surface area contributed by atoms with Crippen LogP contribution < -0.4 is 10.6 Å². The van der Waals surface area contributed by atoms with Crippen LogP contribution in [-0.2, 0) is 4.79 Å². The van der Waals surface area contributed by atoms with Gasteiger partial charge in [0.25, 0.3) is 0 Å². The number of amides is 3. The third-order valence-electron chi connectivity index (χ3n) is 2.09. The van der Waals surface area contributed by atoms with E-state index in [1.54, 1.807) is 12.1 Å². The molecule has 3 N–H and O–H groups in total. The molecular formula is C10H10N4O3. The minimum Gasteiger partial charge on any atom is -0.508 e. The fraction of sp³-hybridized carbons (Fsp3) is 0.200. The molecule has 0 aliphatic carbocycles. The van der Waals surface area contributed by atoms with Gasteiger partial charge in [0.2, 0.25) is 5.91 Å². The fourth-order valence-corrected chi connectivity index (χ4v) is 1.32. The Hall–Kier alpha value is -2.44. The summed E-state index contributed by atoms with van der Waals surface area (Å²) in [7, 11) is 0. The molecule has 0 radical (unpaired) electrons. The van der Waals surface area contributed by atoms with Crippen LogP contribution in [0.5, 0.6) is 5.75 Å². The minimum absolute atomic E-state index is 0.0628. The number of aromatic hydroxyl groups is 1. The Kier molecular flexibility index (Phi) is 2.99. The van der Waals surface area contributed by atoms with Crippen LogP contribution in [0.4, 0.5) is 10.5 Å². The van der Waals surface area contributed by atoms with Crippen molar-refractivity contribution < 1.29 is 14.7 Å². The lowest BCUT2D eigenvalue weighted by Crippen LogP contribution is -2.51. The molecule has 0 saturated carbocycles. The van der Waals surface area contributed by atoms with Gasteiger partial charge in [-0.1, -0.05) is 0 Å². The minimum atomic E-state index is -0.648. The molecule has 17 heavy (non-hydrogen) atoms. The Bertz CT molecular complexity index is 453. The summed E-state index contributed by atoms with van der Waals surface area (Å²) in [5.41, 5.74) is 0.531. The van der Waals surface area contributed by atoms with Gasteiger partial charge in [0.15, 0.2) is 6.17 Å². The van der Waals surface area contributed by atoms with E-state index in [-0.39, 0.29) is 18.1 Å². The third-order valence-corrected chi connectivity index (χ3v) is 2.09. The predicted molar refractivity (Wildman–Crippen MR) is 57.7 cm³/mol. The van der Waals surface area contributed by atoms with Gasteiger partial charge in [0.1, 0.15) is 5.75 Å². The molecule has 2 rings (SSSR count). The molecule has 3 amide bonds. The Labute approximate surface area is 96.5 Å². The molecule has 0 spiro atoms. The molecule has 1 heterocycles. The average molecular weight is 234 g/mol. The van der Waals surface area contributed by atoms with Crippen LogP contribution in [0.15, 0.2) is 34.5 Å². The number of nitrogens with zero attached hydrogens (tertiary/aromatic N) is 2. The monoisotopic (exact) mass is 234 g/mol. The molecule has 1 aliphatic heterocycles. The molecular weight excluding hydrogens is 224 g/mol. The zero-order valence-electron chi connectivity index (χ0n) is 8.75. The molecule has 1 aliphatic rings. The highest BCUT2D eigenvalue weighted by atomic mass is 16.3. The van der Waals surface area contributed by atoms with Crippen molar-refractivity contribution in [1.82, 2.24) is 10.6 Å². The van der Waals surface area contributed by atoms with Crippen LogP contribution in [-0.4, -0.2) is 23.2 Å². The van der Waals surface area contributed by atoms with Crippen molar-refractivity contribution in [1.29, 1.82) is 0 Å². The van der Waals surface area contributed by atoms with Gasteiger partial charge in [0, 0.05) is 0 Å². The highest BCUT2D eigenvalue weighted by Crippen LogP contribution is 2.17. The van der Waals surface area contributed by atoms with Crippen LogP contribution in [0.25, 0.3) is 0 Å². The summed E-state index contributed by atoms with van der Waals surface area (Å²) in [6, 6.07) is 5.52. The van der Waals surface area contributed by atoms with E-state index >= 15 is 0 Å². The summed E-state index contributed by atoms with van der Waals surface area (Å²) in [6.45, 7) is 0. The normalized spacial score (nSPS) is 20.1. The Morgan fingerprint density at radius 1 is 1.24 bits per heavy atom. The van der Waals surface area contributed by atoms with E-state index in [4.69, 9.17) is 5.11 Å². The number of imide groups is 1. The summed E-state index contributed by atoms with van der Waals surface area (Å²) in [5.74, 6) is -0.252. The number of urea groups is 1. The fourth-order valence-electron chi connectivity index (χ4n) is 1.32. The largest absolute Gasteiger partial charge is 0.508 e. The Morgan fingerprint density at radius 2 is 1.94 bits per heavy atom. The molecule has 7 heteroatoms. The highest BCUT2D eigenvalue weighted by Gasteiger charge is 2.23. The second kappa shape index (κ2) is 4.60. The van der Waals surface area contributed by atoms with E-state index in [0.29, 0.717) is 5.69 Å². The molecule has 1 fully saturated rings. The molecule has 1 atom stereocenters. The van der Waals surface area contributed by atoms with E-state index < -0.39 is 12.2 Å². The maximum absolute atomic E-state index is 11.0. The highest BCUT2D eigenvalue weighted by molar-refractivity contribution is 5.97. The second-order valence-corrected chi connectivity index (χ2v) is 3.47. The summed E-state index contributed by atoms with van der Waals surface area (Å²) in [6.07, 6.45) is -0.585. The first kappa shape index (κ1) is 11.1. The lowest BCUT2D eigenvalue weighted by Gasteiger charge is -2.18. The maximum atomic E-state index is 11.0. The van der Waals surface area contributed by atoms with Crippen LogP contribution in [0.3, 0.4) is 0 Å². The van der Waals surface area contributed by atoms with Crippen molar-refractivity contribution in [3.05, 3.63) is 24.3 Å². The van der Waals surface area contributed by atoms with Gasteiger partial charge >= 0.3 is 6.03 Å². The second-order valence-electron chi connectivity index (χ2n) is 3.47. The quantitative estimate of drug-likeness (QED) is 0.666. The SMILES string of the molecule is O=C1CC(N=Nc2ccc(O)cc2)NC(=O)N1. The number of rotatable bonds is 2. The molecule has 1 aromatic rings. The Balaban J connectivity index is 2.02. The molecule has 1 saturated heterocycles. The van der Waals surface area contributed by atoms with Gasteiger partial charge in [-0.3, -0.25) is 10.1 Å². The number of nitrogens with one attached hydrogen (secondary N) is 2. The van der Waals surface area contributed by atoms with E-state index in [1.807, 2.05) is 0 Å². The standard InChI is InChI=1S/C10H10N4O3/c15-7-3-1-6(2-4-7)13-14-8-5-9(16)12-10(17)11-8/h1-4,8,15H,5H2,(H2,11,12,16,17). The van der Waals surface area contributed by atoms with Crippen LogP contribution in [0, 0.1) is 0 Å². The molecule has 88 valence electrons. The number of azo groups is 1. The summed E-state index contributed by atoms with van der Waals surface area (Å²) in [4.78, 5) is 22.0. The zero-order valence-corrected chi connectivity index (χ0v) is 8.75. The van der Waals surface area contributed by atoms with Gasteiger partial charge in [-0.25, -0.2) is 4.79 Å². The van der Waals surface area contributed by atoms with Crippen molar-refractivity contribution in [2.45, 2.75) is 12.6 Å². The smallest absolute Gasteiger partial charge is 0.323 e. The molecule has 1 unspecified atom stereocenters. The van der Waals surface area contributed by atoms with Crippen LogP contribution >= 0.6 is 0 Å². The topological polar surface area (TPSA) is 103 Å². The van der Waals surface area contributed by atoms with Gasteiger partial charge in [-0.05, 0) is 24.3 Å². The Morgan fingerprint density at radius 3 is 2.59 bits per heavy atom. The first-order valence-electron chi connectivity index (χ1n) is 4.94. The van der Waals surface area contributed by atoms with Gasteiger partial charge in [-0.2, -0.15) is 10.2 Å². The first-order chi connectivity index (χ1) is 8.13. The van der Waals surface area contributed by atoms with Gasteiger partial charge in [-0.15, -0.1) is 0 Å². The number of phenolic OH excluding ortho intramolecular Hbond substituents is 1. The van der Waals surface area contributed by atoms with Crippen LogP contribution in [0.2, 0.25) is 0 Å². The lowest BCUT2D eigenvalue weighted by molar-refractivity contribution is -0.121. The van der Waals surface area contributed by atoms with Crippen LogP contribution in [0.1, 0.15) is 6.42 Å². The molecule has 1 aromatic carbocycles. The van der Waals surface area contributed by atoms with Crippen molar-refractivity contribution in [3.63, 3.8) is 0 Å². The number of benzene rings is 1. The van der Waals surface area contributed by atoms with Crippen molar-refractivity contribution in [2.75, 3.05) is 0 Å². The van der Waals surface area contributed by atoms with Crippen molar-refractivity contribution in [2.24, 2.45) is 10.2 Å². The molecule has 0 bridgehead atoms. The predicted octanol–water partition coefficient (Wildman–Crippen LogP) is 1.03. The van der Waals surface area contributed by atoms with E-state index in [9.17, 15) is 9.59 Å². The average Bonchev–Trinajstić information content (AvgIpc) is 2.27. The van der Waals surface area contributed by atoms with E-state index in [1.165, 1.54) is 12.1 Å². The van der Waals surface area contributed by atoms with Gasteiger partial charge in [0.05, 0.1) is 12.1 Å². The summed E-state index contributed by atoms with van der Waals surface area (Å²) in [5, 5.41) is 21.3. The third kappa shape index (κ3) is 3.00. The number of carbonyl (C=O) groups is 2. The van der Waals surface area contributed by atoms with Gasteiger partial charge < -0.3 is 10.4 Å². The summed E-state index contributed by atoms with van der Waals surface area (Å²) < 4.78 is 0. The summed E-state index contributed by atoms with van der Waals surface area (Å²) >= 11 is 0. The van der Waals surface area contributed by atoms with E-state index in [2.05, 4.69) is 20.9 Å². The molecule has 0 aromatic heterocycles. The number of hydrogen-bond acceptors (Lipinski definition) is 5. The van der Waals surface area contributed by atoms with Crippen molar-refractivity contribution >= 4 is 17.6 Å². The number of phenols is 1. The van der Waals surface area contributed by atoms with Crippen molar-refractivity contribution in [3.8, 4) is 5.75 Å². The lowest BCUT2D eigenvalue weighted by atomic mass is 10.3. The first-order valence-corrected chi connectivity index (χ1v) is 4.94. The maximum Gasteiger partial charge on any atom is 0.323 e. The van der Waals surface area contributed by atoms with E-state index in [0.717, 1.165) is 0 Å².